The maximum absolute atomic E-state index is 11.0. The molecular weight excluding hydrogens is 276 g/mol. The van der Waals surface area contributed by atoms with Crippen LogP contribution < -0.4 is 0 Å². The fraction of sp³-hybridized carbons (Fsp3) is 0.786. The lowest BCUT2D eigenvalue weighted by atomic mass is 10.2. The van der Waals surface area contributed by atoms with Crippen LogP contribution in [0.5, 0.6) is 0 Å². The molecule has 0 aromatic carbocycles. The van der Waals surface area contributed by atoms with Gasteiger partial charge in [-0.15, -0.1) is 0 Å². The van der Waals surface area contributed by atoms with Crippen LogP contribution in [-0.2, 0) is 22.8 Å². The molecule has 0 amide bonds. The van der Waals surface area contributed by atoms with Crippen LogP contribution in [0.25, 0.3) is 0 Å². The number of carbonyl (C=O) groups is 1. The highest BCUT2D eigenvalue weighted by Crippen LogP contribution is 2.21. The fourth-order valence-electron chi connectivity index (χ4n) is 1.65. The van der Waals surface area contributed by atoms with E-state index in [2.05, 4.69) is 20.4 Å². The van der Waals surface area contributed by atoms with Crippen molar-refractivity contribution in [1.29, 1.82) is 0 Å². The minimum atomic E-state index is -2.66. The minimum Gasteiger partial charge on any atom is -0.460 e. The first-order valence-corrected chi connectivity index (χ1v) is 9.13. The lowest BCUT2D eigenvalue weighted by Gasteiger charge is -2.29. The Kier molecular flexibility index (Phi) is 10.6. The Bertz CT molecular complexity index is 275. The van der Waals surface area contributed by atoms with Crippen molar-refractivity contribution in [2.24, 2.45) is 5.92 Å². The molecule has 0 heterocycles. The van der Waals surface area contributed by atoms with E-state index in [0.717, 1.165) is 18.5 Å². The number of hydrogen-bond donors (Lipinski definition) is 0. The maximum Gasteiger partial charge on any atom is 0.501 e. The van der Waals surface area contributed by atoms with Gasteiger partial charge in [-0.2, -0.15) is 0 Å². The summed E-state index contributed by atoms with van der Waals surface area (Å²) in [5.74, 6) is 0.112. The van der Waals surface area contributed by atoms with Gasteiger partial charge in [0.15, 0.2) is 0 Å². The Morgan fingerprint density at radius 2 is 1.75 bits per heavy atom. The SMILES string of the molecule is C=CC(=O)OCCO[Si](CCC(C)C)(OCC)OCC. The number of carbonyl (C=O) groups excluding carboxylic acids is 1. The summed E-state index contributed by atoms with van der Waals surface area (Å²) in [5.41, 5.74) is 0. The lowest BCUT2D eigenvalue weighted by molar-refractivity contribution is -0.138. The van der Waals surface area contributed by atoms with Crippen molar-refractivity contribution in [2.75, 3.05) is 26.4 Å². The molecule has 0 aromatic heterocycles. The first-order valence-electron chi connectivity index (χ1n) is 7.20. The molecule has 6 heteroatoms. The number of ether oxygens (including phenoxy) is 1. The van der Waals surface area contributed by atoms with Crippen LogP contribution in [0, 0.1) is 5.92 Å². The van der Waals surface area contributed by atoms with Crippen molar-refractivity contribution < 1.29 is 22.8 Å². The van der Waals surface area contributed by atoms with Crippen LogP contribution in [0.2, 0.25) is 6.04 Å². The zero-order valence-corrected chi connectivity index (χ0v) is 14.1. The summed E-state index contributed by atoms with van der Waals surface area (Å²) >= 11 is 0. The summed E-state index contributed by atoms with van der Waals surface area (Å²) in [6, 6.07) is 0.780. The molecular formula is C14H28O5Si. The van der Waals surface area contributed by atoms with Gasteiger partial charge in [-0.1, -0.05) is 20.4 Å². The maximum atomic E-state index is 11.0. The Morgan fingerprint density at radius 1 is 1.15 bits per heavy atom. The third-order valence-corrected chi connectivity index (χ3v) is 5.57. The van der Waals surface area contributed by atoms with E-state index in [1.54, 1.807) is 0 Å². The van der Waals surface area contributed by atoms with E-state index in [1.807, 2.05) is 13.8 Å². The van der Waals surface area contributed by atoms with Crippen molar-refractivity contribution in [3.63, 3.8) is 0 Å². The second-order valence-electron chi connectivity index (χ2n) is 4.70. The molecule has 0 radical (unpaired) electrons. The molecule has 0 bridgehead atoms. The highest BCUT2D eigenvalue weighted by molar-refractivity contribution is 6.60. The zero-order chi connectivity index (χ0) is 15.4. The van der Waals surface area contributed by atoms with Gasteiger partial charge in [-0.25, -0.2) is 4.79 Å². The molecule has 0 atom stereocenters. The predicted molar refractivity (Wildman–Crippen MR) is 80.4 cm³/mol. The van der Waals surface area contributed by atoms with Crippen LogP contribution in [-0.4, -0.2) is 41.2 Å². The number of esters is 1. The van der Waals surface area contributed by atoms with E-state index in [4.69, 9.17) is 18.0 Å². The molecule has 0 aliphatic carbocycles. The Balaban J connectivity index is 4.39. The topological polar surface area (TPSA) is 54.0 Å². The molecule has 0 unspecified atom stereocenters. The Hall–Kier alpha value is -0.693. The summed E-state index contributed by atoms with van der Waals surface area (Å²) in [6.45, 7) is 13.1. The van der Waals surface area contributed by atoms with Gasteiger partial charge >= 0.3 is 14.8 Å². The molecule has 5 nitrogen and oxygen atoms in total. The highest BCUT2D eigenvalue weighted by atomic mass is 28.4. The zero-order valence-electron chi connectivity index (χ0n) is 13.1. The van der Waals surface area contributed by atoms with Gasteiger partial charge in [0, 0.05) is 25.3 Å². The normalized spacial score (nSPS) is 11.7. The van der Waals surface area contributed by atoms with Crippen LogP contribution >= 0.6 is 0 Å². The van der Waals surface area contributed by atoms with Gasteiger partial charge in [0.05, 0.1) is 6.61 Å². The van der Waals surface area contributed by atoms with Gasteiger partial charge < -0.3 is 18.0 Å². The van der Waals surface area contributed by atoms with E-state index in [0.29, 0.717) is 19.1 Å². The fourth-order valence-corrected chi connectivity index (χ4v) is 4.53. The Morgan fingerprint density at radius 3 is 2.20 bits per heavy atom. The van der Waals surface area contributed by atoms with Crippen LogP contribution in [0.1, 0.15) is 34.1 Å². The summed E-state index contributed by atoms with van der Waals surface area (Å²) < 4.78 is 22.3. The van der Waals surface area contributed by atoms with Gasteiger partial charge in [0.1, 0.15) is 6.61 Å². The van der Waals surface area contributed by atoms with E-state index in [9.17, 15) is 4.79 Å². The number of rotatable bonds is 12. The van der Waals surface area contributed by atoms with Crippen molar-refractivity contribution in [1.82, 2.24) is 0 Å². The van der Waals surface area contributed by atoms with Crippen LogP contribution in [0.4, 0.5) is 0 Å². The third-order valence-electron chi connectivity index (χ3n) is 2.57. The van der Waals surface area contributed by atoms with Gasteiger partial charge in [-0.05, 0) is 26.2 Å². The molecule has 0 rings (SSSR count). The van der Waals surface area contributed by atoms with Gasteiger partial charge in [-0.3, -0.25) is 0 Å². The minimum absolute atomic E-state index is 0.182. The molecule has 0 aliphatic rings. The average molecular weight is 304 g/mol. The molecule has 0 saturated heterocycles. The Labute approximate surface area is 123 Å². The smallest absolute Gasteiger partial charge is 0.460 e. The van der Waals surface area contributed by atoms with Crippen LogP contribution in [0.3, 0.4) is 0 Å². The molecule has 0 fully saturated rings. The average Bonchev–Trinajstić information content (AvgIpc) is 2.41. The van der Waals surface area contributed by atoms with Gasteiger partial charge in [0.2, 0.25) is 0 Å². The summed E-state index contributed by atoms with van der Waals surface area (Å²) in [6.07, 6.45) is 2.12. The monoisotopic (exact) mass is 304 g/mol. The van der Waals surface area contributed by atoms with Crippen LogP contribution in [0.15, 0.2) is 12.7 Å². The lowest BCUT2D eigenvalue weighted by Crippen LogP contribution is -2.46. The van der Waals surface area contributed by atoms with E-state index < -0.39 is 14.8 Å². The molecule has 20 heavy (non-hydrogen) atoms. The molecule has 118 valence electrons. The molecule has 0 N–H and O–H groups in total. The van der Waals surface area contributed by atoms with Crippen molar-refractivity contribution in [3.05, 3.63) is 12.7 Å². The largest absolute Gasteiger partial charge is 0.501 e. The second-order valence-corrected chi connectivity index (χ2v) is 7.43. The number of hydrogen-bond acceptors (Lipinski definition) is 5. The first kappa shape index (κ1) is 19.3. The van der Waals surface area contributed by atoms with Gasteiger partial charge in [0.25, 0.3) is 0 Å². The third kappa shape index (κ3) is 8.47. The molecule has 0 aliphatic heterocycles. The van der Waals surface area contributed by atoms with E-state index in [-0.39, 0.29) is 13.2 Å². The van der Waals surface area contributed by atoms with Crippen molar-refractivity contribution in [3.8, 4) is 0 Å². The summed E-state index contributed by atoms with van der Waals surface area (Å²) in [4.78, 5) is 11.0. The summed E-state index contributed by atoms with van der Waals surface area (Å²) in [5, 5.41) is 0. The standard InChI is InChI=1S/C14H28O5Si/c1-6-14(15)16-10-11-19-20(17-7-2,18-8-3)12-9-13(4)5/h6,13H,1,7-12H2,2-5H3. The second kappa shape index (κ2) is 11.0. The molecule has 0 aromatic rings. The van der Waals surface area contributed by atoms with Crippen molar-refractivity contribution in [2.45, 2.75) is 40.2 Å². The first-order chi connectivity index (χ1) is 9.49. The van der Waals surface area contributed by atoms with Crippen molar-refractivity contribution >= 4 is 14.8 Å². The molecule has 0 saturated carbocycles. The quantitative estimate of drug-likeness (QED) is 0.240. The molecule has 0 spiro atoms. The van der Waals surface area contributed by atoms with E-state index in [1.165, 1.54) is 0 Å². The van der Waals surface area contributed by atoms with E-state index >= 15 is 0 Å². The highest BCUT2D eigenvalue weighted by Gasteiger charge is 2.40. The summed E-state index contributed by atoms with van der Waals surface area (Å²) in [7, 11) is -2.66. The predicted octanol–water partition coefficient (Wildman–Crippen LogP) is 2.79.